The zero-order chi connectivity index (χ0) is 26.3. The topological polar surface area (TPSA) is 81.7 Å². The van der Waals surface area contributed by atoms with Crippen molar-refractivity contribution in [2.24, 2.45) is 0 Å². The molecule has 3 rings (SSSR count). The number of nitrogens with zero attached hydrogens (tertiary/aromatic N) is 1. The van der Waals surface area contributed by atoms with Crippen molar-refractivity contribution < 1.29 is 32.7 Å². The van der Waals surface area contributed by atoms with E-state index in [0.29, 0.717) is 31.5 Å². The molecule has 1 aliphatic carbocycles. The van der Waals surface area contributed by atoms with Crippen molar-refractivity contribution in [2.45, 2.75) is 59.1 Å². The average molecular weight is 500 g/mol. The van der Waals surface area contributed by atoms with Gasteiger partial charge in [0.25, 0.3) is 5.91 Å². The molecule has 0 saturated heterocycles. The molecule has 7 nitrogen and oxygen atoms in total. The van der Waals surface area contributed by atoms with E-state index in [-0.39, 0.29) is 47.4 Å². The Morgan fingerprint density at radius 1 is 1.03 bits per heavy atom. The van der Waals surface area contributed by atoms with Crippen LogP contribution in [0, 0.1) is 12.7 Å². The Balaban J connectivity index is 1.86. The van der Waals surface area contributed by atoms with Gasteiger partial charge >= 0.3 is 11.9 Å². The number of nitrogens with one attached hydrogen (secondary N) is 1. The van der Waals surface area contributed by atoms with Gasteiger partial charge in [-0.2, -0.15) is 0 Å². The minimum Gasteiger partial charge on any atom is -0.462 e. The Bertz CT molecular complexity index is 1090. The van der Waals surface area contributed by atoms with E-state index in [9.17, 15) is 18.8 Å². The highest BCUT2D eigenvalue weighted by Gasteiger charge is 2.60. The van der Waals surface area contributed by atoms with E-state index in [1.54, 1.807) is 13.8 Å². The van der Waals surface area contributed by atoms with Crippen LogP contribution in [-0.2, 0) is 25.7 Å². The van der Waals surface area contributed by atoms with Crippen molar-refractivity contribution in [3.8, 4) is 0 Å². The van der Waals surface area contributed by atoms with Gasteiger partial charge in [0.1, 0.15) is 12.4 Å². The highest BCUT2D eigenvalue weighted by molar-refractivity contribution is 6.05. The number of esters is 2. The SMILES string of the molecule is CCOC(=O)c1cc(F)cc(C)c1NC(=O)C1([N+](CC)(CC)CC(=O)OCc2ccccc2)CCC1. The lowest BCUT2D eigenvalue weighted by atomic mass is 9.72. The molecule has 0 unspecified atom stereocenters. The van der Waals surface area contributed by atoms with Crippen LogP contribution >= 0.6 is 0 Å². The van der Waals surface area contributed by atoms with Crippen LogP contribution in [0.3, 0.4) is 0 Å². The van der Waals surface area contributed by atoms with E-state index in [1.165, 1.54) is 6.07 Å². The molecule has 194 valence electrons. The minimum atomic E-state index is -0.859. The predicted molar refractivity (Wildman–Crippen MR) is 135 cm³/mol. The van der Waals surface area contributed by atoms with Crippen molar-refractivity contribution >= 4 is 23.5 Å². The summed E-state index contributed by atoms with van der Waals surface area (Å²) in [6, 6.07) is 11.8. The third kappa shape index (κ3) is 5.43. The Labute approximate surface area is 212 Å². The van der Waals surface area contributed by atoms with Gasteiger partial charge in [-0.1, -0.05) is 30.3 Å². The van der Waals surface area contributed by atoms with Crippen molar-refractivity contribution in [2.75, 3.05) is 31.6 Å². The minimum absolute atomic E-state index is 0.0226. The Hall–Kier alpha value is -3.26. The maximum atomic E-state index is 14.1. The van der Waals surface area contributed by atoms with Crippen LogP contribution in [0.5, 0.6) is 0 Å². The number of likely N-dealkylation sites (N-methyl/N-ethyl adjacent to an activating group) is 1. The lowest BCUT2D eigenvalue weighted by molar-refractivity contribution is -0.963. The lowest BCUT2D eigenvalue weighted by Crippen LogP contribution is -2.73. The maximum absolute atomic E-state index is 14.1. The van der Waals surface area contributed by atoms with Crippen LogP contribution < -0.4 is 5.32 Å². The summed E-state index contributed by atoms with van der Waals surface area (Å²) in [5.74, 6) is -1.94. The van der Waals surface area contributed by atoms with Crippen LogP contribution in [0.4, 0.5) is 10.1 Å². The summed E-state index contributed by atoms with van der Waals surface area (Å²) in [5, 5.41) is 2.92. The van der Waals surface area contributed by atoms with E-state index >= 15 is 0 Å². The highest BCUT2D eigenvalue weighted by Crippen LogP contribution is 2.44. The molecule has 0 aliphatic heterocycles. The fourth-order valence-electron chi connectivity index (χ4n) is 5.17. The second-order valence-corrected chi connectivity index (χ2v) is 9.29. The van der Waals surface area contributed by atoms with Crippen molar-refractivity contribution in [1.82, 2.24) is 0 Å². The van der Waals surface area contributed by atoms with Gasteiger partial charge in [0.15, 0.2) is 12.1 Å². The fourth-order valence-corrected chi connectivity index (χ4v) is 5.17. The third-order valence-corrected chi connectivity index (χ3v) is 7.43. The number of benzene rings is 2. The van der Waals surface area contributed by atoms with Gasteiger partial charge in [-0.3, -0.25) is 4.79 Å². The molecular formula is C28H36FN2O5+. The molecule has 0 bridgehead atoms. The first kappa shape index (κ1) is 27.3. The van der Waals surface area contributed by atoms with Gasteiger partial charge in [-0.25, -0.2) is 14.0 Å². The summed E-state index contributed by atoms with van der Waals surface area (Å²) in [5.41, 5.74) is 0.677. The molecule has 1 N–H and O–H groups in total. The molecule has 1 amide bonds. The van der Waals surface area contributed by atoms with Gasteiger partial charge in [0.05, 0.1) is 30.9 Å². The van der Waals surface area contributed by atoms with Crippen LogP contribution in [0.25, 0.3) is 0 Å². The van der Waals surface area contributed by atoms with Gasteiger partial charge in [-0.05, 0) is 57.4 Å². The van der Waals surface area contributed by atoms with E-state index in [0.717, 1.165) is 18.1 Å². The molecule has 0 atom stereocenters. The quantitative estimate of drug-likeness (QED) is 0.356. The smallest absolute Gasteiger partial charge is 0.362 e. The molecule has 1 fully saturated rings. The number of aryl methyl sites for hydroxylation is 1. The summed E-state index contributed by atoms with van der Waals surface area (Å²) in [4.78, 5) is 39.4. The lowest BCUT2D eigenvalue weighted by Gasteiger charge is -2.55. The van der Waals surface area contributed by atoms with Gasteiger partial charge in [0.2, 0.25) is 0 Å². The number of carbonyl (C=O) groups excluding carboxylic acids is 3. The molecule has 0 radical (unpaired) electrons. The monoisotopic (exact) mass is 499 g/mol. The van der Waals surface area contributed by atoms with E-state index in [4.69, 9.17) is 9.47 Å². The van der Waals surface area contributed by atoms with Crippen LogP contribution in [0.15, 0.2) is 42.5 Å². The summed E-state index contributed by atoms with van der Waals surface area (Å²) in [7, 11) is 0. The van der Waals surface area contributed by atoms with Gasteiger partial charge < -0.3 is 19.3 Å². The Morgan fingerprint density at radius 2 is 1.69 bits per heavy atom. The largest absolute Gasteiger partial charge is 0.462 e. The Kier molecular flexibility index (Phi) is 8.84. The average Bonchev–Trinajstić information content (AvgIpc) is 2.83. The molecule has 0 aromatic heterocycles. The van der Waals surface area contributed by atoms with Crippen LogP contribution in [-0.4, -0.2) is 54.1 Å². The summed E-state index contributed by atoms with van der Waals surface area (Å²) >= 11 is 0. The normalized spacial score (nSPS) is 14.5. The maximum Gasteiger partial charge on any atom is 0.362 e. The summed E-state index contributed by atoms with van der Waals surface area (Å²) in [6.07, 6.45) is 2.04. The first-order chi connectivity index (χ1) is 17.2. The molecule has 36 heavy (non-hydrogen) atoms. The number of ether oxygens (including phenoxy) is 2. The number of hydrogen-bond donors (Lipinski definition) is 1. The second kappa shape index (κ2) is 11.6. The molecule has 1 aliphatic rings. The third-order valence-electron chi connectivity index (χ3n) is 7.43. The summed E-state index contributed by atoms with van der Waals surface area (Å²) in [6.45, 7) is 8.69. The Morgan fingerprint density at radius 3 is 2.25 bits per heavy atom. The molecule has 2 aromatic rings. The van der Waals surface area contributed by atoms with E-state index < -0.39 is 17.3 Å². The van der Waals surface area contributed by atoms with Crippen molar-refractivity contribution in [3.63, 3.8) is 0 Å². The zero-order valence-electron chi connectivity index (χ0n) is 21.6. The van der Waals surface area contributed by atoms with Gasteiger partial charge in [-0.15, -0.1) is 0 Å². The molecule has 8 heteroatoms. The molecule has 0 spiro atoms. The summed E-state index contributed by atoms with van der Waals surface area (Å²) < 4.78 is 25.0. The number of rotatable bonds is 11. The molecule has 0 heterocycles. The number of amides is 1. The molecule has 1 saturated carbocycles. The fraction of sp³-hybridized carbons (Fsp3) is 0.464. The second-order valence-electron chi connectivity index (χ2n) is 9.29. The number of quaternary nitrogens is 1. The van der Waals surface area contributed by atoms with E-state index in [1.807, 2.05) is 44.2 Å². The van der Waals surface area contributed by atoms with Crippen LogP contribution in [0.1, 0.15) is 61.5 Å². The predicted octanol–water partition coefficient (Wildman–Crippen LogP) is 4.77. The molecule has 2 aromatic carbocycles. The van der Waals surface area contributed by atoms with Crippen molar-refractivity contribution in [3.05, 3.63) is 65.0 Å². The number of halogens is 1. The van der Waals surface area contributed by atoms with Gasteiger partial charge in [0, 0.05) is 12.8 Å². The number of carbonyl (C=O) groups is 3. The first-order valence-electron chi connectivity index (χ1n) is 12.6. The molecular weight excluding hydrogens is 463 g/mol. The van der Waals surface area contributed by atoms with Crippen molar-refractivity contribution in [1.29, 1.82) is 0 Å². The van der Waals surface area contributed by atoms with Crippen LogP contribution in [0.2, 0.25) is 0 Å². The highest BCUT2D eigenvalue weighted by atomic mass is 19.1. The standard InChI is InChI=1S/C28H35FN2O5/c1-5-31(6-2,18-24(32)36-19-21-12-9-8-10-13-21)28(14-11-15-28)27(34)30-25-20(4)16-22(29)17-23(25)26(33)35-7-3/h8-10,12-13,16-17H,5-7,11,14-15,18-19H2,1-4H3/p+1. The first-order valence-corrected chi connectivity index (χ1v) is 12.6. The van der Waals surface area contributed by atoms with E-state index in [2.05, 4.69) is 5.32 Å². The zero-order valence-corrected chi connectivity index (χ0v) is 21.6. The number of anilines is 1. The number of hydrogen-bond acceptors (Lipinski definition) is 5.